The molecule has 0 atom stereocenters. The van der Waals surface area contributed by atoms with Crippen LogP contribution in [0.15, 0.2) is 4.99 Å². The van der Waals surface area contributed by atoms with E-state index in [0.717, 1.165) is 6.54 Å². The molecule has 5 N–H and O–H groups in total. The fourth-order valence-corrected chi connectivity index (χ4v) is 0.537. The lowest BCUT2D eigenvalue weighted by atomic mass is 10.2. The summed E-state index contributed by atoms with van der Waals surface area (Å²) in [4.78, 5) is 4.09. The van der Waals surface area contributed by atoms with Crippen LogP contribution in [0, 0.1) is 5.92 Å². The monoisotopic (exact) mass is 158 g/mol. The summed E-state index contributed by atoms with van der Waals surface area (Å²) in [6.45, 7) is 6.23. The van der Waals surface area contributed by atoms with E-state index in [1.165, 1.54) is 0 Å². The number of hydrogen-bond acceptors (Lipinski definition) is 2. The minimum atomic E-state index is 0.490. The van der Waals surface area contributed by atoms with Crippen molar-refractivity contribution in [3.63, 3.8) is 0 Å². The Hall–Kier alpha value is -0.770. The van der Waals surface area contributed by atoms with Crippen molar-refractivity contribution in [1.82, 2.24) is 5.32 Å². The summed E-state index contributed by atoms with van der Waals surface area (Å²) < 4.78 is 0. The molecule has 0 aromatic heterocycles. The Labute approximate surface area is 68.1 Å². The average Bonchev–Trinajstić information content (AvgIpc) is 1.97. The first-order chi connectivity index (χ1) is 5.16. The maximum Gasteiger partial charge on any atom is 0.188 e. The van der Waals surface area contributed by atoms with Crippen molar-refractivity contribution in [2.24, 2.45) is 22.4 Å². The van der Waals surface area contributed by atoms with Crippen LogP contribution in [0.3, 0.4) is 0 Å². The smallest absolute Gasteiger partial charge is 0.188 e. The second-order valence-corrected chi connectivity index (χ2v) is 2.84. The van der Waals surface area contributed by atoms with Gasteiger partial charge in [-0.1, -0.05) is 13.8 Å². The first-order valence-corrected chi connectivity index (χ1v) is 3.90. The Morgan fingerprint density at radius 1 is 1.55 bits per heavy atom. The van der Waals surface area contributed by atoms with Crippen molar-refractivity contribution in [3.8, 4) is 0 Å². The van der Waals surface area contributed by atoms with E-state index < -0.39 is 0 Å². The van der Waals surface area contributed by atoms with E-state index in [0.29, 0.717) is 25.0 Å². The second kappa shape index (κ2) is 5.97. The molecule has 0 saturated carbocycles. The number of nitrogens with two attached hydrogens (primary N) is 2. The predicted octanol–water partition coefficient (Wildman–Crippen LogP) is -0.495. The second-order valence-electron chi connectivity index (χ2n) is 2.84. The highest BCUT2D eigenvalue weighted by atomic mass is 15.1. The SMILES string of the molecule is CC(C)CN=C(N)NCCN. The standard InChI is InChI=1S/C7H18N4/c1-6(2)5-11-7(9)10-4-3-8/h6H,3-5,8H2,1-2H3,(H3,9,10,11). The van der Waals surface area contributed by atoms with Crippen LogP contribution in [0.25, 0.3) is 0 Å². The topological polar surface area (TPSA) is 76.4 Å². The molecule has 0 amide bonds. The Morgan fingerprint density at radius 2 is 2.18 bits per heavy atom. The third-order valence-electron chi connectivity index (χ3n) is 1.08. The molecule has 66 valence electrons. The quantitative estimate of drug-likeness (QED) is 0.381. The molecule has 4 nitrogen and oxygen atoms in total. The molecule has 0 unspecified atom stereocenters. The van der Waals surface area contributed by atoms with Gasteiger partial charge in [-0.25, -0.2) is 0 Å². The van der Waals surface area contributed by atoms with E-state index in [2.05, 4.69) is 24.2 Å². The molecular weight excluding hydrogens is 140 g/mol. The van der Waals surface area contributed by atoms with Crippen LogP contribution >= 0.6 is 0 Å². The van der Waals surface area contributed by atoms with Crippen LogP contribution in [-0.4, -0.2) is 25.6 Å². The average molecular weight is 158 g/mol. The zero-order valence-corrected chi connectivity index (χ0v) is 7.30. The number of guanidine groups is 1. The molecule has 0 aromatic carbocycles. The molecule has 0 aliphatic carbocycles. The van der Waals surface area contributed by atoms with Gasteiger partial charge in [0.25, 0.3) is 0 Å². The molecule has 0 saturated heterocycles. The van der Waals surface area contributed by atoms with E-state index in [-0.39, 0.29) is 0 Å². The number of aliphatic imine (C=N–C) groups is 1. The Kier molecular flexibility index (Phi) is 5.56. The van der Waals surface area contributed by atoms with Gasteiger partial charge in [-0.3, -0.25) is 4.99 Å². The summed E-state index contributed by atoms with van der Waals surface area (Å²) in [5.74, 6) is 1.04. The van der Waals surface area contributed by atoms with Gasteiger partial charge in [-0.2, -0.15) is 0 Å². The van der Waals surface area contributed by atoms with Gasteiger partial charge in [0, 0.05) is 19.6 Å². The van der Waals surface area contributed by atoms with E-state index in [4.69, 9.17) is 11.5 Å². The highest BCUT2D eigenvalue weighted by Crippen LogP contribution is 1.89. The van der Waals surface area contributed by atoms with E-state index >= 15 is 0 Å². The Balaban J connectivity index is 3.46. The molecule has 0 radical (unpaired) electrons. The molecule has 0 aliphatic rings. The summed E-state index contributed by atoms with van der Waals surface area (Å²) in [5, 5.41) is 2.89. The van der Waals surface area contributed by atoms with Gasteiger partial charge >= 0.3 is 0 Å². The first-order valence-electron chi connectivity index (χ1n) is 3.90. The fraction of sp³-hybridized carbons (Fsp3) is 0.857. The van der Waals surface area contributed by atoms with Gasteiger partial charge in [0.1, 0.15) is 0 Å². The lowest BCUT2D eigenvalue weighted by Gasteiger charge is -2.04. The summed E-state index contributed by atoms with van der Waals surface area (Å²) in [6, 6.07) is 0. The normalized spacial score (nSPS) is 12.2. The number of nitrogens with zero attached hydrogens (tertiary/aromatic N) is 1. The first kappa shape index (κ1) is 10.2. The van der Waals surface area contributed by atoms with Gasteiger partial charge in [0.15, 0.2) is 5.96 Å². The van der Waals surface area contributed by atoms with Crippen molar-refractivity contribution in [2.75, 3.05) is 19.6 Å². The van der Waals surface area contributed by atoms with Crippen LogP contribution in [0.2, 0.25) is 0 Å². The van der Waals surface area contributed by atoms with Crippen LogP contribution in [0.5, 0.6) is 0 Å². The maximum atomic E-state index is 5.49. The highest BCUT2D eigenvalue weighted by Gasteiger charge is 1.91. The Bertz CT molecular complexity index is 120. The van der Waals surface area contributed by atoms with Crippen LogP contribution in [0.4, 0.5) is 0 Å². The summed E-state index contributed by atoms with van der Waals surface area (Å²) in [5.41, 5.74) is 10.8. The van der Waals surface area contributed by atoms with Crippen molar-refractivity contribution < 1.29 is 0 Å². The van der Waals surface area contributed by atoms with Gasteiger partial charge in [-0.05, 0) is 5.92 Å². The third-order valence-corrected chi connectivity index (χ3v) is 1.08. The minimum Gasteiger partial charge on any atom is -0.370 e. The van der Waals surface area contributed by atoms with Gasteiger partial charge in [-0.15, -0.1) is 0 Å². The molecule has 0 spiro atoms. The third kappa shape index (κ3) is 7.12. The highest BCUT2D eigenvalue weighted by molar-refractivity contribution is 5.77. The van der Waals surface area contributed by atoms with E-state index in [1.54, 1.807) is 0 Å². The molecule has 0 aromatic rings. The largest absolute Gasteiger partial charge is 0.370 e. The summed E-state index contributed by atoms with van der Waals surface area (Å²) >= 11 is 0. The van der Waals surface area contributed by atoms with Crippen molar-refractivity contribution in [1.29, 1.82) is 0 Å². The van der Waals surface area contributed by atoms with Gasteiger partial charge in [0.2, 0.25) is 0 Å². The summed E-state index contributed by atoms with van der Waals surface area (Å²) in [6.07, 6.45) is 0. The maximum absolute atomic E-state index is 5.49. The van der Waals surface area contributed by atoms with Crippen molar-refractivity contribution >= 4 is 5.96 Å². The van der Waals surface area contributed by atoms with Crippen LogP contribution in [-0.2, 0) is 0 Å². The Morgan fingerprint density at radius 3 is 2.64 bits per heavy atom. The zero-order valence-electron chi connectivity index (χ0n) is 7.30. The number of rotatable bonds is 4. The minimum absolute atomic E-state index is 0.490. The molecule has 0 bridgehead atoms. The van der Waals surface area contributed by atoms with Crippen LogP contribution < -0.4 is 16.8 Å². The van der Waals surface area contributed by atoms with Crippen molar-refractivity contribution in [2.45, 2.75) is 13.8 Å². The molecular formula is C7H18N4. The van der Waals surface area contributed by atoms with E-state index in [1.807, 2.05) is 0 Å². The molecule has 0 aliphatic heterocycles. The number of hydrogen-bond donors (Lipinski definition) is 3. The summed E-state index contributed by atoms with van der Waals surface area (Å²) in [7, 11) is 0. The van der Waals surface area contributed by atoms with E-state index in [9.17, 15) is 0 Å². The van der Waals surface area contributed by atoms with Crippen molar-refractivity contribution in [3.05, 3.63) is 0 Å². The van der Waals surface area contributed by atoms with Gasteiger partial charge in [0.05, 0.1) is 0 Å². The zero-order chi connectivity index (χ0) is 8.69. The molecule has 0 fully saturated rings. The number of nitrogens with one attached hydrogen (secondary N) is 1. The van der Waals surface area contributed by atoms with Crippen LogP contribution in [0.1, 0.15) is 13.8 Å². The lowest BCUT2D eigenvalue weighted by Crippen LogP contribution is -2.35. The lowest BCUT2D eigenvalue weighted by molar-refractivity contribution is 0.661. The molecule has 0 rings (SSSR count). The molecule has 0 heterocycles. The molecule has 11 heavy (non-hydrogen) atoms. The fourth-order valence-electron chi connectivity index (χ4n) is 0.537. The molecule has 4 heteroatoms. The van der Waals surface area contributed by atoms with Gasteiger partial charge < -0.3 is 16.8 Å². The predicted molar refractivity (Wildman–Crippen MR) is 48.4 cm³/mol.